The third kappa shape index (κ3) is 5.72. The molecule has 1 aromatic rings. The molecule has 0 aromatic heterocycles. The Balaban J connectivity index is 2.33. The zero-order chi connectivity index (χ0) is 16.6. The Morgan fingerprint density at radius 2 is 1.77 bits per heavy atom. The molecular formula is C18H24O4. The summed E-state index contributed by atoms with van der Waals surface area (Å²) >= 11 is 0. The van der Waals surface area contributed by atoms with Crippen molar-refractivity contribution in [1.82, 2.24) is 0 Å². The second-order valence-electron chi connectivity index (χ2n) is 5.73. The number of ether oxygens (including phenoxy) is 2. The smallest absolute Gasteiger partial charge is 0.330 e. The molecule has 0 fully saturated rings. The van der Waals surface area contributed by atoms with E-state index >= 15 is 0 Å². The van der Waals surface area contributed by atoms with Crippen molar-refractivity contribution in [3.63, 3.8) is 0 Å². The molecule has 0 aliphatic heterocycles. The van der Waals surface area contributed by atoms with Crippen molar-refractivity contribution >= 4 is 18.0 Å². The van der Waals surface area contributed by atoms with Gasteiger partial charge in [0.25, 0.3) is 0 Å². The molecule has 1 rings (SSSR count). The highest BCUT2D eigenvalue weighted by atomic mass is 16.6. The topological polar surface area (TPSA) is 52.6 Å². The van der Waals surface area contributed by atoms with E-state index in [1.165, 1.54) is 6.08 Å². The van der Waals surface area contributed by atoms with Crippen molar-refractivity contribution in [3.8, 4) is 0 Å². The molecule has 1 aromatic carbocycles. The van der Waals surface area contributed by atoms with Crippen LogP contribution in [0.2, 0.25) is 0 Å². The maximum absolute atomic E-state index is 11.7. The quantitative estimate of drug-likeness (QED) is 0.439. The van der Waals surface area contributed by atoms with Gasteiger partial charge in [0.2, 0.25) is 0 Å². The van der Waals surface area contributed by atoms with Crippen LogP contribution in [0.15, 0.2) is 30.3 Å². The van der Waals surface area contributed by atoms with Gasteiger partial charge in [-0.15, -0.1) is 0 Å². The van der Waals surface area contributed by atoms with Crippen molar-refractivity contribution < 1.29 is 19.1 Å². The van der Waals surface area contributed by atoms with Crippen LogP contribution < -0.4 is 0 Å². The van der Waals surface area contributed by atoms with E-state index in [0.717, 1.165) is 11.1 Å². The van der Waals surface area contributed by atoms with Gasteiger partial charge in [-0.25, -0.2) is 4.79 Å². The summed E-state index contributed by atoms with van der Waals surface area (Å²) in [6.07, 6.45) is 3.79. The standard InChI is InChI=1S/C18H24O4/c1-5-18(3,4)17(20)22-13-12-21-16(19)11-10-15-9-7-6-8-14(15)2/h6-11H,5,12-13H2,1-4H3/b11-10+. The van der Waals surface area contributed by atoms with Crippen LogP contribution in [-0.2, 0) is 19.1 Å². The predicted molar refractivity (Wildman–Crippen MR) is 86.2 cm³/mol. The first-order chi connectivity index (χ1) is 10.4. The van der Waals surface area contributed by atoms with Crippen molar-refractivity contribution in [2.45, 2.75) is 34.1 Å². The maximum Gasteiger partial charge on any atom is 0.330 e. The first-order valence-electron chi connectivity index (χ1n) is 7.44. The van der Waals surface area contributed by atoms with E-state index in [2.05, 4.69) is 0 Å². The lowest BCUT2D eigenvalue weighted by Crippen LogP contribution is -2.27. The van der Waals surface area contributed by atoms with E-state index in [1.807, 2.05) is 52.0 Å². The highest BCUT2D eigenvalue weighted by Crippen LogP contribution is 2.21. The van der Waals surface area contributed by atoms with Gasteiger partial charge in [0.1, 0.15) is 13.2 Å². The monoisotopic (exact) mass is 304 g/mol. The molecule has 0 spiro atoms. The van der Waals surface area contributed by atoms with Crippen molar-refractivity contribution in [3.05, 3.63) is 41.5 Å². The lowest BCUT2D eigenvalue weighted by Gasteiger charge is -2.20. The number of carbonyl (C=O) groups is 2. The maximum atomic E-state index is 11.7. The van der Waals surface area contributed by atoms with Crippen LogP contribution in [-0.4, -0.2) is 25.2 Å². The minimum absolute atomic E-state index is 0.0580. The molecule has 4 heteroatoms. The molecular weight excluding hydrogens is 280 g/mol. The molecule has 0 heterocycles. The highest BCUT2D eigenvalue weighted by molar-refractivity contribution is 5.87. The summed E-state index contributed by atoms with van der Waals surface area (Å²) in [7, 11) is 0. The number of hydrogen-bond acceptors (Lipinski definition) is 4. The number of carbonyl (C=O) groups excluding carboxylic acids is 2. The molecule has 0 radical (unpaired) electrons. The fraction of sp³-hybridized carbons (Fsp3) is 0.444. The lowest BCUT2D eigenvalue weighted by molar-refractivity contribution is -0.157. The van der Waals surface area contributed by atoms with Gasteiger partial charge in [-0.2, -0.15) is 0 Å². The molecule has 0 atom stereocenters. The Morgan fingerprint density at radius 1 is 1.14 bits per heavy atom. The average molecular weight is 304 g/mol. The van der Waals surface area contributed by atoms with Gasteiger partial charge in [-0.1, -0.05) is 31.2 Å². The van der Waals surface area contributed by atoms with E-state index < -0.39 is 11.4 Å². The Labute approximate surface area is 132 Å². The number of hydrogen-bond donors (Lipinski definition) is 0. The van der Waals surface area contributed by atoms with E-state index in [9.17, 15) is 9.59 Å². The third-order valence-corrected chi connectivity index (χ3v) is 3.58. The molecule has 0 amide bonds. The van der Waals surface area contributed by atoms with Crippen molar-refractivity contribution in [1.29, 1.82) is 0 Å². The van der Waals surface area contributed by atoms with Gasteiger partial charge in [0.15, 0.2) is 0 Å². The molecule has 0 bridgehead atoms. The van der Waals surface area contributed by atoms with Crippen LogP contribution in [0.3, 0.4) is 0 Å². The van der Waals surface area contributed by atoms with E-state index in [0.29, 0.717) is 6.42 Å². The van der Waals surface area contributed by atoms with E-state index in [-0.39, 0.29) is 19.2 Å². The average Bonchev–Trinajstić information content (AvgIpc) is 2.50. The zero-order valence-electron chi connectivity index (χ0n) is 13.7. The Kier molecular flexibility index (Phi) is 6.83. The summed E-state index contributed by atoms with van der Waals surface area (Å²) in [5.74, 6) is -0.726. The van der Waals surface area contributed by atoms with Crippen LogP contribution in [0, 0.1) is 12.3 Å². The molecule has 0 aliphatic carbocycles. The number of rotatable bonds is 7. The summed E-state index contributed by atoms with van der Waals surface area (Å²) in [4.78, 5) is 23.3. The minimum Gasteiger partial charge on any atom is -0.462 e. The molecule has 0 unspecified atom stereocenters. The molecule has 0 saturated carbocycles. The van der Waals surface area contributed by atoms with Crippen molar-refractivity contribution in [2.75, 3.05) is 13.2 Å². The van der Waals surface area contributed by atoms with Gasteiger partial charge in [-0.05, 0) is 44.4 Å². The van der Waals surface area contributed by atoms with Gasteiger partial charge in [-0.3, -0.25) is 4.79 Å². The van der Waals surface area contributed by atoms with Gasteiger partial charge < -0.3 is 9.47 Å². The van der Waals surface area contributed by atoms with Crippen LogP contribution >= 0.6 is 0 Å². The molecule has 0 N–H and O–H groups in total. The Bertz CT molecular complexity index is 544. The molecule has 0 aliphatic rings. The Hall–Kier alpha value is -2.10. The summed E-state index contributed by atoms with van der Waals surface area (Å²) < 4.78 is 10.1. The molecule has 0 saturated heterocycles. The molecule has 120 valence electrons. The minimum atomic E-state index is -0.505. The normalized spacial score (nSPS) is 11.5. The summed E-state index contributed by atoms with van der Waals surface area (Å²) in [6.45, 7) is 7.69. The number of benzene rings is 1. The van der Waals surface area contributed by atoms with Gasteiger partial charge in [0.05, 0.1) is 5.41 Å². The van der Waals surface area contributed by atoms with Crippen LogP contribution in [0.4, 0.5) is 0 Å². The van der Waals surface area contributed by atoms with Crippen LogP contribution in [0.5, 0.6) is 0 Å². The van der Waals surface area contributed by atoms with Crippen LogP contribution in [0.25, 0.3) is 6.08 Å². The first kappa shape index (κ1) is 18.0. The van der Waals surface area contributed by atoms with Crippen molar-refractivity contribution in [2.24, 2.45) is 5.41 Å². The lowest BCUT2D eigenvalue weighted by atomic mass is 9.91. The third-order valence-electron chi connectivity index (χ3n) is 3.58. The highest BCUT2D eigenvalue weighted by Gasteiger charge is 2.26. The first-order valence-corrected chi connectivity index (χ1v) is 7.44. The van der Waals surface area contributed by atoms with Gasteiger partial charge >= 0.3 is 11.9 Å². The second-order valence-corrected chi connectivity index (χ2v) is 5.73. The zero-order valence-corrected chi connectivity index (χ0v) is 13.7. The number of aryl methyl sites for hydroxylation is 1. The van der Waals surface area contributed by atoms with Gasteiger partial charge in [0, 0.05) is 6.08 Å². The Morgan fingerprint density at radius 3 is 2.41 bits per heavy atom. The SMILES string of the molecule is CCC(C)(C)C(=O)OCCOC(=O)/C=C/c1ccccc1C. The summed E-state index contributed by atoms with van der Waals surface area (Å²) in [6, 6.07) is 7.75. The summed E-state index contributed by atoms with van der Waals surface area (Å²) in [5, 5.41) is 0. The number of esters is 2. The molecule has 4 nitrogen and oxygen atoms in total. The van der Waals surface area contributed by atoms with E-state index in [1.54, 1.807) is 6.08 Å². The second kappa shape index (κ2) is 8.37. The fourth-order valence-corrected chi connectivity index (χ4v) is 1.60. The predicted octanol–water partition coefficient (Wildman–Crippen LogP) is 3.53. The van der Waals surface area contributed by atoms with Crippen LogP contribution in [0.1, 0.15) is 38.3 Å². The fourth-order valence-electron chi connectivity index (χ4n) is 1.60. The molecule has 22 heavy (non-hydrogen) atoms. The van der Waals surface area contributed by atoms with E-state index in [4.69, 9.17) is 9.47 Å². The largest absolute Gasteiger partial charge is 0.462 e. The summed E-state index contributed by atoms with van der Waals surface area (Å²) in [5.41, 5.74) is 1.55.